The summed E-state index contributed by atoms with van der Waals surface area (Å²) in [5.74, 6) is 0. The van der Waals surface area contributed by atoms with Gasteiger partial charge < -0.3 is 10.0 Å². The van der Waals surface area contributed by atoms with Crippen LogP contribution < -0.4 is 0 Å². The lowest BCUT2D eigenvalue weighted by molar-refractivity contribution is 0.0821. The van der Waals surface area contributed by atoms with Gasteiger partial charge in [-0.3, -0.25) is 0 Å². The Morgan fingerprint density at radius 1 is 1.15 bits per heavy atom. The third-order valence-corrected chi connectivity index (χ3v) is 3.83. The van der Waals surface area contributed by atoms with Gasteiger partial charge in [0.2, 0.25) is 0 Å². The number of nitrogens with zero attached hydrogens (tertiary/aromatic N) is 1. The topological polar surface area (TPSA) is 23.5 Å². The van der Waals surface area contributed by atoms with Crippen LogP contribution in [0.2, 0.25) is 0 Å². The van der Waals surface area contributed by atoms with Crippen molar-refractivity contribution >= 4 is 0 Å². The number of hydrogen-bond donors (Lipinski definition) is 1. The van der Waals surface area contributed by atoms with Gasteiger partial charge >= 0.3 is 0 Å². The summed E-state index contributed by atoms with van der Waals surface area (Å²) in [6.07, 6.45) is 5.27. The van der Waals surface area contributed by atoms with E-state index in [9.17, 15) is 0 Å². The normalized spacial score (nSPS) is 23.3. The second-order valence-corrected chi connectivity index (χ2v) is 4.27. The number of rotatable bonds is 4. The van der Waals surface area contributed by atoms with Gasteiger partial charge in [-0.25, -0.2) is 0 Å². The minimum Gasteiger partial charge on any atom is -0.395 e. The van der Waals surface area contributed by atoms with Crippen molar-refractivity contribution in [3.05, 3.63) is 0 Å². The molecule has 1 aliphatic heterocycles. The molecule has 0 amide bonds. The highest BCUT2D eigenvalue weighted by Gasteiger charge is 2.30. The van der Waals surface area contributed by atoms with Gasteiger partial charge in [-0.05, 0) is 31.3 Å². The smallest absolute Gasteiger partial charge is 0.0558 e. The molecule has 2 nitrogen and oxygen atoms in total. The molecule has 0 radical (unpaired) electrons. The Kier molecular flexibility index (Phi) is 4.20. The Hall–Kier alpha value is -0.0800. The molecule has 0 unspecified atom stereocenters. The molecule has 1 heterocycles. The lowest BCUT2D eigenvalue weighted by Crippen LogP contribution is -2.40. The number of piperidine rings is 1. The highest BCUT2D eigenvalue weighted by atomic mass is 16.3. The average Bonchev–Trinajstić information content (AvgIpc) is 2.20. The summed E-state index contributed by atoms with van der Waals surface area (Å²) < 4.78 is 0. The number of aliphatic hydroxyl groups is 1. The first-order chi connectivity index (χ1) is 6.26. The van der Waals surface area contributed by atoms with Crippen molar-refractivity contribution in [3.63, 3.8) is 0 Å². The van der Waals surface area contributed by atoms with E-state index in [1.54, 1.807) is 0 Å². The van der Waals surface area contributed by atoms with Crippen molar-refractivity contribution in [2.24, 2.45) is 5.41 Å². The Balaban J connectivity index is 2.36. The molecule has 1 N–H and O–H groups in total. The van der Waals surface area contributed by atoms with Crippen LogP contribution in [-0.2, 0) is 0 Å². The number of β-amino-alcohol motifs (C(OH)–C–C–N with tert-alkyl or cyclic N) is 1. The van der Waals surface area contributed by atoms with Gasteiger partial charge in [-0.15, -0.1) is 0 Å². The van der Waals surface area contributed by atoms with Crippen molar-refractivity contribution in [1.29, 1.82) is 0 Å². The molecule has 1 aliphatic rings. The van der Waals surface area contributed by atoms with Crippen LogP contribution in [-0.4, -0.2) is 36.2 Å². The van der Waals surface area contributed by atoms with Crippen molar-refractivity contribution in [1.82, 2.24) is 4.90 Å². The predicted octanol–water partition coefficient (Wildman–Crippen LogP) is 1.88. The highest BCUT2D eigenvalue weighted by Crippen LogP contribution is 2.37. The Morgan fingerprint density at radius 3 is 2.08 bits per heavy atom. The maximum atomic E-state index is 8.82. The molecule has 0 atom stereocenters. The van der Waals surface area contributed by atoms with Crippen molar-refractivity contribution in [3.8, 4) is 0 Å². The van der Waals surface area contributed by atoms with Crippen molar-refractivity contribution in [2.75, 3.05) is 26.2 Å². The summed E-state index contributed by atoms with van der Waals surface area (Å²) in [4.78, 5) is 2.38. The summed E-state index contributed by atoms with van der Waals surface area (Å²) in [5, 5.41) is 8.82. The SMILES string of the molecule is CCC1(CC)CCN(CCO)CC1. The van der Waals surface area contributed by atoms with Crippen LogP contribution in [0.15, 0.2) is 0 Å². The summed E-state index contributed by atoms with van der Waals surface area (Å²) in [5.41, 5.74) is 0.617. The maximum Gasteiger partial charge on any atom is 0.0558 e. The fraction of sp³-hybridized carbons (Fsp3) is 1.00. The van der Waals surface area contributed by atoms with E-state index in [1.807, 2.05) is 0 Å². The van der Waals surface area contributed by atoms with Crippen LogP contribution in [0.3, 0.4) is 0 Å². The summed E-state index contributed by atoms with van der Waals surface area (Å²) in [6.45, 7) is 8.16. The molecule has 0 aromatic heterocycles. The molecule has 0 aromatic carbocycles. The number of likely N-dealkylation sites (tertiary alicyclic amines) is 1. The summed E-state index contributed by atoms with van der Waals surface area (Å²) >= 11 is 0. The van der Waals surface area contributed by atoms with Crippen molar-refractivity contribution in [2.45, 2.75) is 39.5 Å². The Bertz CT molecular complexity index is 133. The minimum atomic E-state index is 0.311. The van der Waals surface area contributed by atoms with Crippen LogP contribution in [0, 0.1) is 5.41 Å². The third-order valence-electron chi connectivity index (χ3n) is 3.83. The van der Waals surface area contributed by atoms with E-state index in [4.69, 9.17) is 5.11 Å². The first-order valence-corrected chi connectivity index (χ1v) is 5.59. The minimum absolute atomic E-state index is 0.311. The van der Waals surface area contributed by atoms with Crippen LogP contribution in [0.25, 0.3) is 0 Å². The first kappa shape index (κ1) is 11.0. The molecule has 0 bridgehead atoms. The second-order valence-electron chi connectivity index (χ2n) is 4.27. The zero-order valence-corrected chi connectivity index (χ0v) is 9.05. The van der Waals surface area contributed by atoms with Gasteiger partial charge in [-0.1, -0.05) is 26.7 Å². The lowest BCUT2D eigenvalue weighted by atomic mass is 9.74. The monoisotopic (exact) mass is 185 g/mol. The van der Waals surface area contributed by atoms with Crippen LogP contribution in [0.4, 0.5) is 0 Å². The molecule has 0 aromatic rings. The Labute approximate surface area is 81.9 Å². The van der Waals surface area contributed by atoms with Gasteiger partial charge in [-0.2, -0.15) is 0 Å². The van der Waals surface area contributed by atoms with E-state index in [-0.39, 0.29) is 0 Å². The Morgan fingerprint density at radius 2 is 1.69 bits per heavy atom. The lowest BCUT2D eigenvalue weighted by Gasteiger charge is -2.40. The maximum absolute atomic E-state index is 8.82. The molecule has 0 spiro atoms. The van der Waals surface area contributed by atoms with Crippen molar-refractivity contribution < 1.29 is 5.11 Å². The summed E-state index contributed by atoms with van der Waals surface area (Å²) in [6, 6.07) is 0. The molecule has 2 heteroatoms. The molecule has 1 rings (SSSR count). The van der Waals surface area contributed by atoms with Gasteiger partial charge in [0, 0.05) is 6.54 Å². The second kappa shape index (κ2) is 4.97. The quantitative estimate of drug-likeness (QED) is 0.723. The zero-order valence-electron chi connectivity index (χ0n) is 9.05. The fourth-order valence-corrected chi connectivity index (χ4v) is 2.35. The summed E-state index contributed by atoms with van der Waals surface area (Å²) in [7, 11) is 0. The zero-order chi connectivity index (χ0) is 9.73. The molecule has 1 fully saturated rings. The first-order valence-electron chi connectivity index (χ1n) is 5.59. The molecular formula is C11H23NO. The van der Waals surface area contributed by atoms with E-state index in [0.717, 1.165) is 6.54 Å². The number of aliphatic hydroxyl groups excluding tert-OH is 1. The van der Waals surface area contributed by atoms with Crippen LogP contribution in [0.5, 0.6) is 0 Å². The highest BCUT2D eigenvalue weighted by molar-refractivity contribution is 4.83. The molecule has 0 saturated carbocycles. The third kappa shape index (κ3) is 2.68. The van der Waals surface area contributed by atoms with E-state index in [1.165, 1.54) is 38.8 Å². The predicted molar refractivity (Wildman–Crippen MR) is 55.8 cm³/mol. The van der Waals surface area contributed by atoms with Gasteiger partial charge in [0.15, 0.2) is 0 Å². The van der Waals surface area contributed by atoms with E-state index < -0.39 is 0 Å². The number of hydrogen-bond acceptors (Lipinski definition) is 2. The van der Waals surface area contributed by atoms with Crippen LogP contribution >= 0.6 is 0 Å². The largest absolute Gasteiger partial charge is 0.395 e. The standard InChI is InChI=1S/C11H23NO/c1-3-11(4-2)5-7-12(8-6-11)9-10-13/h13H,3-10H2,1-2H3. The molecule has 1 saturated heterocycles. The van der Waals surface area contributed by atoms with E-state index in [2.05, 4.69) is 18.7 Å². The van der Waals surface area contributed by atoms with Gasteiger partial charge in [0.1, 0.15) is 0 Å². The molecular weight excluding hydrogens is 162 g/mol. The van der Waals surface area contributed by atoms with E-state index in [0.29, 0.717) is 12.0 Å². The average molecular weight is 185 g/mol. The molecule has 78 valence electrons. The van der Waals surface area contributed by atoms with E-state index >= 15 is 0 Å². The van der Waals surface area contributed by atoms with Crippen LogP contribution in [0.1, 0.15) is 39.5 Å². The van der Waals surface area contributed by atoms with Gasteiger partial charge in [0.05, 0.1) is 6.61 Å². The molecule has 13 heavy (non-hydrogen) atoms. The fourth-order valence-electron chi connectivity index (χ4n) is 2.35. The molecule has 0 aliphatic carbocycles. The van der Waals surface area contributed by atoms with Gasteiger partial charge in [0.25, 0.3) is 0 Å².